The number of ether oxygens (including phenoxy) is 1. The second-order valence-electron chi connectivity index (χ2n) is 4.13. The average molecular weight is 292 g/mol. The fourth-order valence-electron chi connectivity index (χ4n) is 1.90. The number of hydrogen-bond donors (Lipinski definition) is 2. The average Bonchev–Trinajstić information content (AvgIpc) is 2.55. The molecule has 2 N–H and O–H groups in total. The van der Waals surface area contributed by atoms with E-state index in [1.807, 2.05) is 0 Å². The van der Waals surface area contributed by atoms with Gasteiger partial charge in [0, 0.05) is 24.3 Å². The summed E-state index contributed by atoms with van der Waals surface area (Å²) in [5.74, 6) is -0.570. The van der Waals surface area contributed by atoms with Crippen LogP contribution in [0.5, 0.6) is 5.75 Å². The fourth-order valence-corrected chi connectivity index (χ4v) is 2.22. The second-order valence-corrected chi connectivity index (χ2v) is 4.86. The van der Waals surface area contributed by atoms with Gasteiger partial charge in [-0.3, -0.25) is 4.79 Å². The van der Waals surface area contributed by atoms with Gasteiger partial charge in [0.1, 0.15) is 5.75 Å². The molecule has 2 rings (SSSR count). The summed E-state index contributed by atoms with van der Waals surface area (Å²) in [6.45, 7) is 0.381. The molecule has 1 fully saturated rings. The molecule has 0 radical (unpaired) electrons. The van der Waals surface area contributed by atoms with Gasteiger partial charge in [-0.15, -0.1) is 13.2 Å². The Morgan fingerprint density at radius 1 is 1.42 bits per heavy atom. The Balaban J connectivity index is 2.22. The predicted molar refractivity (Wildman–Crippen MR) is 67.3 cm³/mol. The number of carbonyl (C=O) groups is 1. The first-order valence-electron chi connectivity index (χ1n) is 5.40. The number of thiol groups is 1. The lowest BCUT2D eigenvalue weighted by Gasteiger charge is -2.19. The zero-order chi connectivity index (χ0) is 14.2. The molecule has 0 spiro atoms. The zero-order valence-corrected chi connectivity index (χ0v) is 10.5. The van der Waals surface area contributed by atoms with Crippen LogP contribution in [0.1, 0.15) is 6.42 Å². The number of hydrogen-bond acceptors (Lipinski definition) is 4. The van der Waals surface area contributed by atoms with Crippen molar-refractivity contribution in [1.29, 1.82) is 0 Å². The number of nitrogens with zero attached hydrogens (tertiary/aromatic N) is 1. The van der Waals surface area contributed by atoms with Crippen LogP contribution >= 0.6 is 12.6 Å². The Kier molecular flexibility index (Phi) is 3.53. The van der Waals surface area contributed by atoms with Gasteiger partial charge in [0.05, 0.1) is 11.4 Å². The smallest absolute Gasteiger partial charge is 0.406 e. The van der Waals surface area contributed by atoms with E-state index in [-0.39, 0.29) is 23.3 Å². The van der Waals surface area contributed by atoms with Crippen molar-refractivity contribution in [2.24, 2.45) is 0 Å². The van der Waals surface area contributed by atoms with Crippen molar-refractivity contribution in [3.63, 3.8) is 0 Å². The lowest BCUT2D eigenvalue weighted by molar-refractivity contribution is -0.274. The summed E-state index contributed by atoms with van der Waals surface area (Å²) in [5.41, 5.74) is 6.09. The Morgan fingerprint density at radius 3 is 2.58 bits per heavy atom. The van der Waals surface area contributed by atoms with E-state index in [2.05, 4.69) is 17.4 Å². The monoisotopic (exact) mass is 292 g/mol. The third kappa shape index (κ3) is 3.25. The molecule has 1 heterocycles. The molecule has 0 bridgehead atoms. The van der Waals surface area contributed by atoms with E-state index in [9.17, 15) is 18.0 Å². The first-order chi connectivity index (χ1) is 8.76. The van der Waals surface area contributed by atoms with Crippen molar-refractivity contribution in [3.05, 3.63) is 18.2 Å². The van der Waals surface area contributed by atoms with E-state index < -0.39 is 12.1 Å². The summed E-state index contributed by atoms with van der Waals surface area (Å²) in [6, 6.07) is 3.50. The van der Waals surface area contributed by atoms with Crippen LogP contribution in [-0.4, -0.2) is 24.1 Å². The number of alkyl halides is 3. The van der Waals surface area contributed by atoms with E-state index in [1.165, 1.54) is 11.0 Å². The van der Waals surface area contributed by atoms with Crippen LogP contribution in [0.25, 0.3) is 0 Å². The molecule has 0 saturated carbocycles. The molecule has 1 saturated heterocycles. The number of rotatable bonds is 2. The molecule has 1 unspecified atom stereocenters. The topological polar surface area (TPSA) is 55.6 Å². The molecule has 1 aliphatic heterocycles. The van der Waals surface area contributed by atoms with Crippen LogP contribution < -0.4 is 15.4 Å². The number of benzene rings is 1. The van der Waals surface area contributed by atoms with Gasteiger partial charge in [-0.2, -0.15) is 12.6 Å². The Hall–Kier alpha value is -1.57. The highest BCUT2D eigenvalue weighted by Crippen LogP contribution is 2.33. The summed E-state index contributed by atoms with van der Waals surface area (Å²) in [4.78, 5) is 13.1. The van der Waals surface area contributed by atoms with Gasteiger partial charge in [-0.25, -0.2) is 0 Å². The molecule has 0 aliphatic carbocycles. The maximum absolute atomic E-state index is 12.1. The van der Waals surface area contributed by atoms with Crippen LogP contribution in [0.3, 0.4) is 0 Å². The molecule has 1 aromatic carbocycles. The van der Waals surface area contributed by atoms with Gasteiger partial charge in [0.2, 0.25) is 5.91 Å². The lowest BCUT2D eigenvalue weighted by Crippen LogP contribution is -2.25. The molecule has 1 atom stereocenters. The van der Waals surface area contributed by atoms with Crippen LogP contribution in [-0.2, 0) is 4.79 Å². The number of amides is 1. The maximum atomic E-state index is 12.1. The number of carbonyl (C=O) groups excluding carboxylic acids is 1. The van der Waals surface area contributed by atoms with E-state index >= 15 is 0 Å². The molecular formula is C11H11F3N2O2S. The van der Waals surface area contributed by atoms with Crippen molar-refractivity contribution < 1.29 is 22.7 Å². The Morgan fingerprint density at radius 2 is 2.11 bits per heavy atom. The van der Waals surface area contributed by atoms with Crippen LogP contribution in [0.15, 0.2) is 18.2 Å². The third-order valence-corrected chi connectivity index (χ3v) is 2.97. The molecule has 1 amide bonds. The molecule has 104 valence electrons. The van der Waals surface area contributed by atoms with Gasteiger partial charge < -0.3 is 15.4 Å². The van der Waals surface area contributed by atoms with Crippen molar-refractivity contribution in [3.8, 4) is 5.75 Å². The van der Waals surface area contributed by atoms with Crippen molar-refractivity contribution in [1.82, 2.24) is 0 Å². The van der Waals surface area contributed by atoms with E-state index in [0.717, 1.165) is 12.1 Å². The number of nitrogens with two attached hydrogens (primary N) is 1. The van der Waals surface area contributed by atoms with Crippen LogP contribution in [0.2, 0.25) is 0 Å². The quantitative estimate of drug-likeness (QED) is 0.649. The van der Waals surface area contributed by atoms with Crippen molar-refractivity contribution in [2.75, 3.05) is 17.2 Å². The highest BCUT2D eigenvalue weighted by atomic mass is 32.1. The van der Waals surface area contributed by atoms with Gasteiger partial charge in [0.25, 0.3) is 0 Å². The summed E-state index contributed by atoms with van der Waals surface area (Å²) in [6.07, 6.45) is -4.49. The molecule has 0 aromatic heterocycles. The first kappa shape index (κ1) is 13.9. The normalized spacial score (nSPS) is 19.9. The standard InChI is InChI=1S/C11H11F3N2O2S/c12-11(13,14)18-6-1-2-9(8(15)3-6)16-5-7(19)4-10(16)17/h1-3,7,19H,4-5,15H2. The minimum atomic E-state index is -4.77. The SMILES string of the molecule is Nc1cc(OC(F)(F)F)ccc1N1CC(S)CC1=O. The van der Waals surface area contributed by atoms with Crippen molar-refractivity contribution in [2.45, 2.75) is 18.0 Å². The van der Waals surface area contributed by atoms with Gasteiger partial charge in [-0.1, -0.05) is 0 Å². The predicted octanol–water partition coefficient (Wildman–Crippen LogP) is 2.20. The number of halogens is 3. The van der Waals surface area contributed by atoms with E-state index in [1.54, 1.807) is 0 Å². The zero-order valence-electron chi connectivity index (χ0n) is 9.65. The molecular weight excluding hydrogens is 281 g/mol. The highest BCUT2D eigenvalue weighted by Gasteiger charge is 2.32. The maximum Gasteiger partial charge on any atom is 0.573 e. The number of nitrogen functional groups attached to an aromatic ring is 1. The Bertz CT molecular complexity index is 507. The van der Waals surface area contributed by atoms with E-state index in [0.29, 0.717) is 12.2 Å². The Labute approximate surface area is 112 Å². The molecule has 1 aromatic rings. The second kappa shape index (κ2) is 4.84. The van der Waals surface area contributed by atoms with Gasteiger partial charge in [-0.05, 0) is 12.1 Å². The van der Waals surface area contributed by atoms with Crippen molar-refractivity contribution >= 4 is 29.9 Å². The van der Waals surface area contributed by atoms with Gasteiger partial charge >= 0.3 is 6.36 Å². The van der Waals surface area contributed by atoms with E-state index in [4.69, 9.17) is 5.73 Å². The summed E-state index contributed by atoms with van der Waals surface area (Å²) >= 11 is 4.20. The van der Waals surface area contributed by atoms with Crippen LogP contribution in [0.4, 0.5) is 24.5 Å². The minimum Gasteiger partial charge on any atom is -0.406 e. The fraction of sp³-hybridized carbons (Fsp3) is 0.364. The molecule has 1 aliphatic rings. The minimum absolute atomic E-state index is 0.0533. The highest BCUT2D eigenvalue weighted by molar-refractivity contribution is 7.81. The molecule has 4 nitrogen and oxygen atoms in total. The number of anilines is 2. The summed E-state index contributed by atoms with van der Waals surface area (Å²) in [5, 5.41) is -0.0991. The van der Waals surface area contributed by atoms with Gasteiger partial charge in [0.15, 0.2) is 0 Å². The largest absolute Gasteiger partial charge is 0.573 e. The van der Waals surface area contributed by atoms with Crippen LogP contribution in [0, 0.1) is 0 Å². The molecule has 19 heavy (non-hydrogen) atoms. The molecule has 8 heteroatoms. The summed E-state index contributed by atoms with van der Waals surface area (Å²) in [7, 11) is 0. The first-order valence-corrected chi connectivity index (χ1v) is 5.91. The lowest BCUT2D eigenvalue weighted by atomic mass is 10.2. The summed E-state index contributed by atoms with van der Waals surface area (Å²) < 4.78 is 39.9. The third-order valence-electron chi connectivity index (χ3n) is 2.63.